The quantitative estimate of drug-likeness (QED) is 0.730. The second kappa shape index (κ2) is 5.41. The summed E-state index contributed by atoms with van der Waals surface area (Å²) in [5.41, 5.74) is 2.12. The predicted molar refractivity (Wildman–Crippen MR) is 90.7 cm³/mol. The normalized spacial score (nSPS) is 15.0. The van der Waals surface area contributed by atoms with E-state index in [0.717, 1.165) is 36.7 Å². The lowest BCUT2D eigenvalue weighted by atomic mass is 9.98. The van der Waals surface area contributed by atoms with Gasteiger partial charge in [-0.1, -0.05) is 43.3 Å². The van der Waals surface area contributed by atoms with Crippen LogP contribution in [0.2, 0.25) is 0 Å². The summed E-state index contributed by atoms with van der Waals surface area (Å²) >= 11 is 0. The molecule has 1 fully saturated rings. The van der Waals surface area contributed by atoms with Crippen LogP contribution in [0.25, 0.3) is 22.0 Å². The standard InChI is InChI=1S/C19H18N3/c1-2-14-12-22(13-14)19-20-10-9-18(21-19)17-8-7-15-5-3-4-6-16(15)11-17/h3-11,14H,1-2,12-13H2. The summed E-state index contributed by atoms with van der Waals surface area (Å²) in [4.78, 5) is 11.4. The topological polar surface area (TPSA) is 29.0 Å². The van der Waals surface area contributed by atoms with E-state index >= 15 is 0 Å². The third kappa shape index (κ3) is 2.33. The molecule has 109 valence electrons. The Morgan fingerprint density at radius 2 is 1.86 bits per heavy atom. The van der Waals surface area contributed by atoms with Crippen molar-refractivity contribution in [3.8, 4) is 11.3 Å². The van der Waals surface area contributed by atoms with Crippen molar-refractivity contribution in [3.05, 3.63) is 61.7 Å². The Hall–Kier alpha value is -2.42. The fourth-order valence-electron chi connectivity index (χ4n) is 2.93. The van der Waals surface area contributed by atoms with Crippen LogP contribution in [0.5, 0.6) is 0 Å². The summed E-state index contributed by atoms with van der Waals surface area (Å²) in [5, 5.41) is 2.49. The smallest absolute Gasteiger partial charge is 0.225 e. The van der Waals surface area contributed by atoms with Gasteiger partial charge in [0.15, 0.2) is 0 Å². The number of aromatic nitrogens is 2. The van der Waals surface area contributed by atoms with Crippen LogP contribution in [0.4, 0.5) is 5.95 Å². The predicted octanol–water partition coefficient (Wildman–Crippen LogP) is 3.96. The van der Waals surface area contributed by atoms with Gasteiger partial charge in [-0.15, -0.1) is 0 Å². The van der Waals surface area contributed by atoms with Crippen molar-refractivity contribution in [3.63, 3.8) is 0 Å². The molecule has 1 radical (unpaired) electrons. The SMILES string of the molecule is [CH2]CC1CN(c2nccc(-c3ccc4ccccc4c3)n2)C1. The van der Waals surface area contributed by atoms with Gasteiger partial charge in [0.25, 0.3) is 0 Å². The third-order valence-electron chi connectivity index (χ3n) is 4.34. The average Bonchev–Trinajstić information content (AvgIpc) is 2.54. The zero-order valence-electron chi connectivity index (χ0n) is 12.4. The van der Waals surface area contributed by atoms with E-state index in [1.165, 1.54) is 10.8 Å². The van der Waals surface area contributed by atoms with Gasteiger partial charge < -0.3 is 4.90 Å². The Morgan fingerprint density at radius 3 is 2.68 bits per heavy atom. The highest BCUT2D eigenvalue weighted by Gasteiger charge is 2.27. The molecule has 0 amide bonds. The number of fused-ring (bicyclic) bond motifs is 1. The van der Waals surface area contributed by atoms with E-state index < -0.39 is 0 Å². The minimum atomic E-state index is 0.688. The first-order valence-corrected chi connectivity index (χ1v) is 7.70. The van der Waals surface area contributed by atoms with E-state index in [9.17, 15) is 0 Å². The maximum atomic E-state index is 4.73. The highest BCUT2D eigenvalue weighted by atomic mass is 15.3. The maximum absolute atomic E-state index is 4.73. The molecule has 0 unspecified atom stereocenters. The Kier molecular flexibility index (Phi) is 3.26. The first-order chi connectivity index (χ1) is 10.8. The summed E-state index contributed by atoms with van der Waals surface area (Å²) in [6.07, 6.45) is 2.84. The largest absolute Gasteiger partial charge is 0.340 e. The monoisotopic (exact) mass is 288 g/mol. The molecular formula is C19H18N3. The molecule has 0 bridgehead atoms. The van der Waals surface area contributed by atoms with Gasteiger partial charge in [0.1, 0.15) is 0 Å². The maximum Gasteiger partial charge on any atom is 0.225 e. The number of rotatable bonds is 3. The van der Waals surface area contributed by atoms with E-state index in [4.69, 9.17) is 4.98 Å². The van der Waals surface area contributed by atoms with Crippen molar-refractivity contribution < 1.29 is 0 Å². The van der Waals surface area contributed by atoms with Crippen molar-refractivity contribution in [1.82, 2.24) is 9.97 Å². The van der Waals surface area contributed by atoms with Crippen LogP contribution < -0.4 is 4.90 Å². The number of anilines is 1. The number of nitrogens with zero attached hydrogens (tertiary/aromatic N) is 3. The molecular weight excluding hydrogens is 270 g/mol. The molecule has 2 aromatic carbocycles. The molecule has 0 spiro atoms. The van der Waals surface area contributed by atoms with Crippen LogP contribution in [0.1, 0.15) is 6.42 Å². The summed E-state index contributed by atoms with van der Waals surface area (Å²) in [7, 11) is 0. The van der Waals surface area contributed by atoms with Gasteiger partial charge in [0, 0.05) is 24.8 Å². The second-order valence-corrected chi connectivity index (χ2v) is 5.86. The van der Waals surface area contributed by atoms with Crippen molar-refractivity contribution in [2.24, 2.45) is 5.92 Å². The first-order valence-electron chi connectivity index (χ1n) is 7.70. The molecule has 0 atom stereocenters. The lowest BCUT2D eigenvalue weighted by molar-refractivity contribution is 0.407. The molecule has 22 heavy (non-hydrogen) atoms. The lowest BCUT2D eigenvalue weighted by Crippen LogP contribution is -2.47. The molecule has 4 rings (SSSR count). The van der Waals surface area contributed by atoms with Crippen molar-refractivity contribution in [2.75, 3.05) is 18.0 Å². The van der Waals surface area contributed by atoms with Crippen molar-refractivity contribution in [2.45, 2.75) is 6.42 Å². The summed E-state index contributed by atoms with van der Waals surface area (Å²) < 4.78 is 0. The zero-order valence-corrected chi connectivity index (χ0v) is 12.4. The van der Waals surface area contributed by atoms with Crippen molar-refractivity contribution in [1.29, 1.82) is 0 Å². The molecule has 0 aliphatic carbocycles. The van der Waals surface area contributed by atoms with Crippen LogP contribution in [-0.2, 0) is 0 Å². The van der Waals surface area contributed by atoms with E-state index in [-0.39, 0.29) is 0 Å². The van der Waals surface area contributed by atoms with Crippen molar-refractivity contribution >= 4 is 16.7 Å². The van der Waals surface area contributed by atoms with Gasteiger partial charge in [0.05, 0.1) is 5.69 Å². The van der Waals surface area contributed by atoms with E-state index in [2.05, 4.69) is 59.3 Å². The molecule has 3 aromatic rings. The number of hydrogen-bond acceptors (Lipinski definition) is 3. The molecule has 1 aliphatic heterocycles. The molecule has 1 saturated heterocycles. The lowest BCUT2D eigenvalue weighted by Gasteiger charge is -2.38. The van der Waals surface area contributed by atoms with E-state index in [1.807, 2.05) is 12.3 Å². The van der Waals surface area contributed by atoms with Gasteiger partial charge in [-0.05, 0) is 35.2 Å². The number of benzene rings is 2. The first kappa shape index (κ1) is 13.3. The third-order valence-corrected chi connectivity index (χ3v) is 4.34. The Morgan fingerprint density at radius 1 is 1.05 bits per heavy atom. The zero-order chi connectivity index (χ0) is 14.9. The summed E-state index contributed by atoms with van der Waals surface area (Å²) in [5.74, 6) is 1.52. The second-order valence-electron chi connectivity index (χ2n) is 5.86. The minimum Gasteiger partial charge on any atom is -0.340 e. The fraction of sp³-hybridized carbons (Fsp3) is 0.211. The Bertz CT molecular complexity index is 806. The van der Waals surface area contributed by atoms with Gasteiger partial charge in [-0.2, -0.15) is 0 Å². The summed E-state index contributed by atoms with van der Waals surface area (Å²) in [6.45, 7) is 6.00. The van der Waals surface area contributed by atoms with Gasteiger partial charge in [-0.25, -0.2) is 9.97 Å². The summed E-state index contributed by atoms with van der Waals surface area (Å²) in [6, 6.07) is 16.8. The average molecular weight is 288 g/mol. The molecule has 2 heterocycles. The van der Waals surface area contributed by atoms with Gasteiger partial charge in [-0.3, -0.25) is 0 Å². The molecule has 1 aromatic heterocycles. The Labute approximate surface area is 130 Å². The van der Waals surface area contributed by atoms with Crippen LogP contribution in [0, 0.1) is 12.8 Å². The molecule has 3 nitrogen and oxygen atoms in total. The van der Waals surface area contributed by atoms with Crippen LogP contribution in [-0.4, -0.2) is 23.1 Å². The van der Waals surface area contributed by atoms with Crippen LogP contribution in [0.15, 0.2) is 54.7 Å². The minimum absolute atomic E-state index is 0.688. The molecule has 0 N–H and O–H groups in total. The van der Waals surface area contributed by atoms with E-state index in [0.29, 0.717) is 5.92 Å². The number of hydrogen-bond donors (Lipinski definition) is 0. The molecule has 1 aliphatic rings. The molecule has 3 heteroatoms. The Balaban J connectivity index is 1.66. The van der Waals surface area contributed by atoms with Gasteiger partial charge in [0.2, 0.25) is 5.95 Å². The van der Waals surface area contributed by atoms with Crippen LogP contribution >= 0.6 is 0 Å². The van der Waals surface area contributed by atoms with E-state index in [1.54, 1.807) is 0 Å². The fourth-order valence-corrected chi connectivity index (χ4v) is 2.93. The van der Waals surface area contributed by atoms with Gasteiger partial charge >= 0.3 is 0 Å². The highest BCUT2D eigenvalue weighted by molar-refractivity contribution is 5.86. The highest BCUT2D eigenvalue weighted by Crippen LogP contribution is 2.27. The van der Waals surface area contributed by atoms with Crippen LogP contribution in [0.3, 0.4) is 0 Å². The molecule has 0 saturated carbocycles.